The minimum absolute atomic E-state index is 0.753. The Morgan fingerprint density at radius 1 is 1.25 bits per heavy atom. The first-order valence-corrected chi connectivity index (χ1v) is 5.57. The predicted octanol–water partition coefficient (Wildman–Crippen LogP) is 1.77. The summed E-state index contributed by atoms with van der Waals surface area (Å²) in [4.78, 5) is 4.25. The van der Waals surface area contributed by atoms with Crippen molar-refractivity contribution >= 4 is 0 Å². The molecule has 0 aliphatic rings. The zero-order chi connectivity index (χ0) is 11.2. The third-order valence-electron chi connectivity index (χ3n) is 2.33. The van der Waals surface area contributed by atoms with E-state index in [1.165, 1.54) is 0 Å². The molecule has 0 unspecified atom stereocenters. The zero-order valence-electron chi connectivity index (χ0n) is 9.43. The molecule has 4 heteroatoms. The molecule has 1 N–H and O–H groups in total. The van der Waals surface area contributed by atoms with Crippen LogP contribution in [-0.4, -0.2) is 21.3 Å². The minimum Gasteiger partial charge on any atom is -0.310 e. The molecule has 2 rings (SSSR count). The van der Waals surface area contributed by atoms with Crippen LogP contribution >= 0.6 is 0 Å². The summed E-state index contributed by atoms with van der Waals surface area (Å²) in [6.07, 6.45) is 2.72. The molecule has 1 aromatic heterocycles. The second kappa shape index (κ2) is 5.42. The van der Waals surface area contributed by atoms with Gasteiger partial charge in [0.05, 0.1) is 12.2 Å². The number of aromatic nitrogens is 3. The molecule has 0 spiro atoms. The summed E-state index contributed by atoms with van der Waals surface area (Å²) in [6, 6.07) is 10.0. The van der Waals surface area contributed by atoms with Crippen LogP contribution in [0.1, 0.15) is 19.2 Å². The highest BCUT2D eigenvalue weighted by Gasteiger charge is 2.04. The quantitative estimate of drug-likeness (QED) is 0.774. The third kappa shape index (κ3) is 2.46. The average Bonchev–Trinajstić information content (AvgIpc) is 2.79. The fourth-order valence-corrected chi connectivity index (χ4v) is 1.55. The smallest absolute Gasteiger partial charge is 0.146 e. The lowest BCUT2D eigenvalue weighted by Crippen LogP contribution is -2.17. The van der Waals surface area contributed by atoms with E-state index in [9.17, 15) is 0 Å². The third-order valence-corrected chi connectivity index (χ3v) is 2.33. The molecule has 2 aromatic rings. The van der Waals surface area contributed by atoms with E-state index in [4.69, 9.17) is 0 Å². The Morgan fingerprint density at radius 3 is 2.81 bits per heavy atom. The molecule has 1 heterocycles. The fraction of sp³-hybridized carbons (Fsp3) is 0.333. The monoisotopic (exact) mass is 216 g/mol. The van der Waals surface area contributed by atoms with Crippen molar-refractivity contribution in [1.82, 2.24) is 20.1 Å². The van der Waals surface area contributed by atoms with Gasteiger partial charge >= 0.3 is 0 Å². The van der Waals surface area contributed by atoms with Crippen molar-refractivity contribution < 1.29 is 0 Å². The fourth-order valence-electron chi connectivity index (χ4n) is 1.55. The van der Waals surface area contributed by atoms with Gasteiger partial charge in [0.2, 0.25) is 0 Å². The summed E-state index contributed by atoms with van der Waals surface area (Å²) < 4.78 is 1.86. The van der Waals surface area contributed by atoms with Gasteiger partial charge in [-0.1, -0.05) is 25.1 Å². The molecule has 0 saturated carbocycles. The van der Waals surface area contributed by atoms with Crippen molar-refractivity contribution in [2.75, 3.05) is 6.54 Å². The molecule has 16 heavy (non-hydrogen) atoms. The first kappa shape index (κ1) is 10.8. The topological polar surface area (TPSA) is 42.7 Å². The predicted molar refractivity (Wildman–Crippen MR) is 63.4 cm³/mol. The van der Waals surface area contributed by atoms with Crippen LogP contribution in [-0.2, 0) is 6.54 Å². The number of rotatable bonds is 5. The van der Waals surface area contributed by atoms with Crippen molar-refractivity contribution in [3.63, 3.8) is 0 Å². The van der Waals surface area contributed by atoms with E-state index >= 15 is 0 Å². The Hall–Kier alpha value is -1.68. The average molecular weight is 216 g/mol. The van der Waals surface area contributed by atoms with E-state index in [1.54, 1.807) is 6.33 Å². The number of nitrogens with one attached hydrogen (secondary N) is 1. The van der Waals surface area contributed by atoms with Gasteiger partial charge in [-0.25, -0.2) is 9.67 Å². The van der Waals surface area contributed by atoms with Crippen molar-refractivity contribution in [3.05, 3.63) is 42.5 Å². The van der Waals surface area contributed by atoms with E-state index in [1.807, 2.05) is 35.0 Å². The lowest BCUT2D eigenvalue weighted by atomic mass is 10.3. The molecule has 0 saturated heterocycles. The highest BCUT2D eigenvalue weighted by atomic mass is 15.3. The lowest BCUT2D eigenvalue weighted by Gasteiger charge is -2.06. The second-order valence-electron chi connectivity index (χ2n) is 3.60. The van der Waals surface area contributed by atoms with Crippen LogP contribution in [0, 0.1) is 0 Å². The van der Waals surface area contributed by atoms with Gasteiger partial charge in [-0.3, -0.25) is 0 Å². The van der Waals surface area contributed by atoms with Crippen molar-refractivity contribution in [1.29, 1.82) is 0 Å². The number of nitrogens with zero attached hydrogens (tertiary/aromatic N) is 3. The van der Waals surface area contributed by atoms with Gasteiger partial charge in [0.15, 0.2) is 0 Å². The molecule has 0 fully saturated rings. The number of benzene rings is 1. The van der Waals surface area contributed by atoms with Crippen LogP contribution in [0.15, 0.2) is 36.7 Å². The maximum atomic E-state index is 4.25. The molecule has 0 atom stereocenters. The molecule has 84 valence electrons. The SMILES string of the molecule is CCCNCc1ncnn1-c1ccccc1. The summed E-state index contributed by atoms with van der Waals surface area (Å²) >= 11 is 0. The van der Waals surface area contributed by atoms with Crippen LogP contribution < -0.4 is 5.32 Å². The Bertz CT molecular complexity index is 422. The molecule has 0 radical (unpaired) electrons. The normalized spacial score (nSPS) is 10.6. The maximum Gasteiger partial charge on any atom is 0.146 e. The number of para-hydroxylation sites is 1. The van der Waals surface area contributed by atoms with Crippen molar-refractivity contribution in [2.24, 2.45) is 0 Å². The van der Waals surface area contributed by atoms with E-state index in [2.05, 4.69) is 22.3 Å². The summed E-state index contributed by atoms with van der Waals surface area (Å²) in [5.74, 6) is 0.944. The first-order chi connectivity index (χ1) is 7.92. The molecule has 0 aliphatic carbocycles. The Kier molecular flexibility index (Phi) is 3.66. The van der Waals surface area contributed by atoms with Gasteiger partial charge in [-0.05, 0) is 25.1 Å². The molecule has 0 aliphatic heterocycles. The van der Waals surface area contributed by atoms with Gasteiger partial charge in [0, 0.05) is 0 Å². The standard InChI is InChI=1S/C12H16N4/c1-2-8-13-9-12-14-10-15-16(12)11-6-4-3-5-7-11/h3-7,10,13H,2,8-9H2,1H3. The molecule has 0 amide bonds. The van der Waals surface area contributed by atoms with E-state index in [-0.39, 0.29) is 0 Å². The van der Waals surface area contributed by atoms with Crippen LogP contribution in [0.25, 0.3) is 5.69 Å². The summed E-state index contributed by atoms with van der Waals surface area (Å²) in [5.41, 5.74) is 1.05. The van der Waals surface area contributed by atoms with Gasteiger partial charge in [0.1, 0.15) is 12.2 Å². The summed E-state index contributed by atoms with van der Waals surface area (Å²) in [5, 5.41) is 7.56. The molecule has 1 aromatic carbocycles. The molecule has 0 bridgehead atoms. The summed E-state index contributed by atoms with van der Waals surface area (Å²) in [6.45, 7) is 3.90. The van der Waals surface area contributed by atoms with Gasteiger partial charge in [-0.15, -0.1) is 0 Å². The van der Waals surface area contributed by atoms with Crippen molar-refractivity contribution in [2.45, 2.75) is 19.9 Å². The Labute approximate surface area is 95.3 Å². The van der Waals surface area contributed by atoms with Crippen molar-refractivity contribution in [3.8, 4) is 5.69 Å². The number of hydrogen-bond donors (Lipinski definition) is 1. The van der Waals surface area contributed by atoms with Crippen LogP contribution in [0.4, 0.5) is 0 Å². The van der Waals surface area contributed by atoms with E-state index < -0.39 is 0 Å². The van der Waals surface area contributed by atoms with Crippen LogP contribution in [0.2, 0.25) is 0 Å². The highest BCUT2D eigenvalue weighted by Crippen LogP contribution is 2.07. The van der Waals surface area contributed by atoms with Crippen LogP contribution in [0.3, 0.4) is 0 Å². The zero-order valence-corrected chi connectivity index (χ0v) is 9.43. The van der Waals surface area contributed by atoms with E-state index in [0.29, 0.717) is 0 Å². The van der Waals surface area contributed by atoms with Crippen LogP contribution in [0.5, 0.6) is 0 Å². The van der Waals surface area contributed by atoms with Gasteiger partial charge < -0.3 is 5.32 Å². The first-order valence-electron chi connectivity index (χ1n) is 5.57. The maximum absolute atomic E-state index is 4.25. The lowest BCUT2D eigenvalue weighted by molar-refractivity contribution is 0.633. The second-order valence-corrected chi connectivity index (χ2v) is 3.60. The van der Waals surface area contributed by atoms with E-state index in [0.717, 1.165) is 31.0 Å². The largest absolute Gasteiger partial charge is 0.310 e. The van der Waals surface area contributed by atoms with Gasteiger partial charge in [-0.2, -0.15) is 5.10 Å². The molecule has 4 nitrogen and oxygen atoms in total. The number of hydrogen-bond acceptors (Lipinski definition) is 3. The Balaban J connectivity index is 2.13. The highest BCUT2D eigenvalue weighted by molar-refractivity contribution is 5.30. The minimum atomic E-state index is 0.753. The Morgan fingerprint density at radius 2 is 2.06 bits per heavy atom. The molecular weight excluding hydrogens is 200 g/mol. The molecular formula is C12H16N4. The summed E-state index contributed by atoms with van der Waals surface area (Å²) in [7, 11) is 0. The van der Waals surface area contributed by atoms with Gasteiger partial charge in [0.25, 0.3) is 0 Å².